The quantitative estimate of drug-likeness (QED) is 0.196. The summed E-state index contributed by atoms with van der Waals surface area (Å²) in [5.41, 5.74) is 1.17. The molecule has 43 heavy (non-hydrogen) atoms. The molecule has 9 aromatic rings. The maximum atomic E-state index is 9.59. The third-order valence-electron chi connectivity index (χ3n) is 7.88. The monoisotopic (exact) mass is 559 g/mol. The number of hydrogen-bond donors (Lipinski definition) is 0. The van der Waals surface area contributed by atoms with Crippen molar-refractivity contribution in [1.82, 2.24) is 0 Å². The van der Waals surface area contributed by atoms with Crippen LogP contribution in [0.1, 0.15) is 17.8 Å². The van der Waals surface area contributed by atoms with Crippen molar-refractivity contribution in [2.45, 2.75) is 0 Å². The van der Waals surface area contributed by atoms with Crippen molar-refractivity contribution in [3.8, 4) is 33.4 Å². The van der Waals surface area contributed by atoms with E-state index in [1.165, 1.54) is 0 Å². The van der Waals surface area contributed by atoms with E-state index in [4.69, 9.17) is 15.4 Å². The van der Waals surface area contributed by atoms with Crippen LogP contribution in [-0.2, 0) is 0 Å². The fourth-order valence-electron chi connectivity index (χ4n) is 6.04. The predicted molar refractivity (Wildman–Crippen MR) is 183 cm³/mol. The van der Waals surface area contributed by atoms with Gasteiger partial charge >= 0.3 is 0 Å². The largest absolute Gasteiger partial charge is 0.456 e. The maximum absolute atomic E-state index is 9.59. The standard InChI is InChI=1S/C42H26O/c1-2-12-27(13-3-1)29-23-24-37(31-15-5-4-14-30(29)31)42-35-19-8-6-17-33(35)41(34-18-7-9-20-36(34)42)28-22-25-40-38(26-28)32-16-10-11-21-39(32)43-40/h1-26H/i4D,5D,10D,11D,14D,15D,16D,21D,22D,23D,24D,25D,26D. The third kappa shape index (κ3) is 3.65. The van der Waals surface area contributed by atoms with Gasteiger partial charge in [0.1, 0.15) is 11.2 Å². The molecule has 0 aliphatic rings. The fraction of sp³-hybridized carbons (Fsp3) is 0. The smallest absolute Gasteiger partial charge is 0.135 e. The van der Waals surface area contributed by atoms with Crippen molar-refractivity contribution in [3.05, 3.63) is 157 Å². The number of benzene rings is 8. The first kappa shape index (κ1) is 14.5. The first-order valence-corrected chi connectivity index (χ1v) is 13.7. The third-order valence-corrected chi connectivity index (χ3v) is 7.88. The van der Waals surface area contributed by atoms with Crippen LogP contribution in [0.15, 0.2) is 162 Å². The van der Waals surface area contributed by atoms with Crippen molar-refractivity contribution < 1.29 is 22.2 Å². The summed E-state index contributed by atoms with van der Waals surface area (Å²) in [6.07, 6.45) is 0. The zero-order chi connectivity index (χ0) is 39.6. The number of fused-ring (bicyclic) bond motifs is 6. The summed E-state index contributed by atoms with van der Waals surface area (Å²) in [4.78, 5) is 0. The highest BCUT2D eigenvalue weighted by atomic mass is 16.3. The van der Waals surface area contributed by atoms with Crippen LogP contribution in [0.2, 0.25) is 0 Å². The average molecular weight is 560 g/mol. The van der Waals surface area contributed by atoms with Gasteiger partial charge in [-0.1, -0.05) is 139 Å². The number of hydrogen-bond acceptors (Lipinski definition) is 1. The number of rotatable bonds is 3. The summed E-state index contributed by atoms with van der Waals surface area (Å²) in [6.45, 7) is 0. The number of para-hydroxylation sites is 1. The summed E-state index contributed by atoms with van der Waals surface area (Å²) >= 11 is 0. The fourth-order valence-corrected chi connectivity index (χ4v) is 6.04. The van der Waals surface area contributed by atoms with E-state index in [1.807, 2.05) is 0 Å². The molecule has 0 aliphatic carbocycles. The van der Waals surface area contributed by atoms with Crippen LogP contribution in [0, 0.1) is 0 Å². The van der Waals surface area contributed by atoms with E-state index in [-0.39, 0.29) is 85.7 Å². The lowest BCUT2D eigenvalue weighted by Gasteiger charge is -2.19. The summed E-state index contributed by atoms with van der Waals surface area (Å²) in [7, 11) is 0. The van der Waals surface area contributed by atoms with E-state index >= 15 is 0 Å². The second kappa shape index (κ2) is 9.44. The zero-order valence-electron chi connectivity index (χ0n) is 35.4. The van der Waals surface area contributed by atoms with Gasteiger partial charge < -0.3 is 4.42 Å². The Labute approximate surface area is 267 Å². The van der Waals surface area contributed by atoms with Gasteiger partial charge in [-0.05, 0) is 83.8 Å². The highest BCUT2D eigenvalue weighted by Crippen LogP contribution is 2.47. The van der Waals surface area contributed by atoms with Crippen LogP contribution in [0.25, 0.3) is 87.6 Å². The summed E-state index contributed by atoms with van der Waals surface area (Å²) in [6, 6.07) is 17.6. The van der Waals surface area contributed by atoms with E-state index in [2.05, 4.69) is 0 Å². The minimum Gasteiger partial charge on any atom is -0.456 e. The average Bonchev–Trinajstić information content (AvgIpc) is 3.62. The number of furan rings is 1. The van der Waals surface area contributed by atoms with Gasteiger partial charge in [0.2, 0.25) is 0 Å². The van der Waals surface area contributed by atoms with Crippen LogP contribution in [0.4, 0.5) is 0 Å². The van der Waals surface area contributed by atoms with Crippen molar-refractivity contribution in [1.29, 1.82) is 0 Å². The van der Waals surface area contributed by atoms with Gasteiger partial charge in [-0.3, -0.25) is 0 Å². The molecule has 0 radical (unpaired) electrons. The van der Waals surface area contributed by atoms with Gasteiger partial charge in [0, 0.05) is 10.8 Å². The van der Waals surface area contributed by atoms with Gasteiger partial charge in [-0.2, -0.15) is 0 Å². The van der Waals surface area contributed by atoms with E-state index < -0.39 is 42.3 Å². The first-order valence-electron chi connectivity index (χ1n) is 20.2. The van der Waals surface area contributed by atoms with Crippen molar-refractivity contribution in [3.63, 3.8) is 0 Å². The Morgan fingerprint density at radius 2 is 0.907 bits per heavy atom. The minimum absolute atomic E-state index is 0.00930. The van der Waals surface area contributed by atoms with Crippen molar-refractivity contribution >= 4 is 54.3 Å². The molecule has 1 nitrogen and oxygen atoms in total. The lowest BCUT2D eigenvalue weighted by atomic mass is 9.83. The Hall–Kier alpha value is -5.66. The Kier molecular flexibility index (Phi) is 3.18. The molecule has 0 N–H and O–H groups in total. The highest BCUT2D eigenvalue weighted by molar-refractivity contribution is 6.24. The van der Waals surface area contributed by atoms with Gasteiger partial charge in [-0.15, -0.1) is 0 Å². The molecule has 0 aliphatic heterocycles. The topological polar surface area (TPSA) is 13.1 Å². The molecule has 0 amide bonds. The summed E-state index contributed by atoms with van der Waals surface area (Å²) in [5.74, 6) is 0. The Balaban J connectivity index is 1.50. The van der Waals surface area contributed by atoms with Gasteiger partial charge in [0.05, 0.1) is 17.8 Å². The molecule has 0 saturated carbocycles. The van der Waals surface area contributed by atoms with Gasteiger partial charge in [0.15, 0.2) is 0 Å². The normalized spacial score (nSPS) is 16.0. The van der Waals surface area contributed by atoms with E-state index in [0.29, 0.717) is 38.2 Å². The lowest BCUT2D eigenvalue weighted by molar-refractivity contribution is 0.669. The Morgan fingerprint density at radius 3 is 1.60 bits per heavy atom. The van der Waals surface area contributed by atoms with Crippen molar-refractivity contribution in [2.24, 2.45) is 0 Å². The van der Waals surface area contributed by atoms with E-state index in [9.17, 15) is 6.85 Å². The van der Waals surface area contributed by atoms with Crippen LogP contribution in [0.3, 0.4) is 0 Å². The molecule has 0 spiro atoms. The van der Waals surface area contributed by atoms with Gasteiger partial charge in [0.25, 0.3) is 0 Å². The highest BCUT2D eigenvalue weighted by Gasteiger charge is 2.19. The predicted octanol–water partition coefficient (Wildman–Crippen LogP) is 12.0. The molecular formula is C42H26O. The molecule has 0 bridgehead atoms. The van der Waals surface area contributed by atoms with Gasteiger partial charge in [-0.25, -0.2) is 0 Å². The molecule has 8 aromatic carbocycles. The molecule has 9 rings (SSSR count). The van der Waals surface area contributed by atoms with Crippen LogP contribution in [0.5, 0.6) is 0 Å². The minimum atomic E-state index is -0.531. The molecule has 200 valence electrons. The Bertz CT molecular complexity index is 3170. The maximum Gasteiger partial charge on any atom is 0.135 e. The summed E-state index contributed by atoms with van der Waals surface area (Å²) in [5, 5.41) is 1.97. The lowest BCUT2D eigenvalue weighted by Crippen LogP contribution is -1.92. The molecule has 1 aromatic heterocycles. The van der Waals surface area contributed by atoms with Crippen LogP contribution < -0.4 is 0 Å². The van der Waals surface area contributed by atoms with Crippen LogP contribution in [-0.4, -0.2) is 0 Å². The summed E-state index contributed by atoms with van der Waals surface area (Å²) < 4.78 is 122. The molecule has 0 atom stereocenters. The second-order valence-corrected chi connectivity index (χ2v) is 10.2. The molecular weight excluding hydrogens is 520 g/mol. The second-order valence-electron chi connectivity index (χ2n) is 10.2. The Morgan fingerprint density at radius 1 is 0.372 bits per heavy atom. The SMILES string of the molecule is [2H]c1c([2H])c([2H])c2c(oc3c([2H])c([2H])c(-c4c5ccccc5c(-c5c([2H])c([2H])c(-c6ccccc6)c6c([2H])c([2H])c([2H])c([2H])c56)c5ccccc45)c([2H])c32)c1[2H]. The molecule has 1 heteroatoms. The van der Waals surface area contributed by atoms with Crippen LogP contribution >= 0.6 is 0 Å². The molecule has 0 unspecified atom stereocenters. The molecule has 0 fully saturated rings. The van der Waals surface area contributed by atoms with Crippen molar-refractivity contribution in [2.75, 3.05) is 0 Å². The first-order chi connectivity index (χ1) is 26.8. The van der Waals surface area contributed by atoms with E-state index in [1.54, 1.807) is 78.9 Å². The van der Waals surface area contributed by atoms with E-state index in [0.717, 1.165) is 0 Å². The zero-order valence-corrected chi connectivity index (χ0v) is 22.4. The molecule has 1 heterocycles. The molecule has 0 saturated heterocycles.